The monoisotopic (exact) mass is 418 g/mol. The fourth-order valence-electron chi connectivity index (χ4n) is 3.41. The summed E-state index contributed by atoms with van der Waals surface area (Å²) in [6.45, 7) is 10.0. The van der Waals surface area contributed by atoms with E-state index in [-0.39, 0.29) is 11.5 Å². The van der Waals surface area contributed by atoms with E-state index in [1.54, 1.807) is 19.9 Å². The fourth-order valence-corrected chi connectivity index (χ4v) is 3.67. The van der Waals surface area contributed by atoms with Crippen molar-refractivity contribution in [3.63, 3.8) is 0 Å². The second-order valence-electron chi connectivity index (χ2n) is 7.22. The third-order valence-corrected chi connectivity index (χ3v) is 5.29. The number of hydrogen-bond donors (Lipinski definition) is 1. The number of unbranched alkanes of at least 4 members (excludes halogenated alkanes) is 2. The van der Waals surface area contributed by atoms with Crippen LogP contribution in [0.5, 0.6) is 5.75 Å². The van der Waals surface area contributed by atoms with Gasteiger partial charge < -0.3 is 15.3 Å². The van der Waals surface area contributed by atoms with Crippen LogP contribution in [-0.4, -0.2) is 12.5 Å². The third-order valence-electron chi connectivity index (χ3n) is 5.07. The number of carbonyl (C=O) groups excluding carboxylic acids is 1. The lowest BCUT2D eigenvalue weighted by atomic mass is 10.0. The summed E-state index contributed by atoms with van der Waals surface area (Å²) in [5.74, 6) is 0.107. The van der Waals surface area contributed by atoms with E-state index in [9.17, 15) is 10.0 Å². The Morgan fingerprint density at radius 2 is 1.72 bits per heavy atom. The second kappa shape index (κ2) is 10.5. The summed E-state index contributed by atoms with van der Waals surface area (Å²) in [4.78, 5) is 13.3. The Kier molecular flexibility index (Phi) is 8.32. The minimum Gasteiger partial charge on any atom is -0.618 e. The van der Waals surface area contributed by atoms with Crippen LogP contribution >= 0.6 is 11.6 Å². The number of nitrogens with zero attached hydrogens (tertiary/aromatic N) is 1. The van der Waals surface area contributed by atoms with Crippen LogP contribution in [0.4, 0.5) is 5.69 Å². The van der Waals surface area contributed by atoms with Gasteiger partial charge in [0.1, 0.15) is 11.3 Å². The molecule has 6 heteroatoms. The highest BCUT2D eigenvalue weighted by Crippen LogP contribution is 2.29. The Bertz CT molecular complexity index is 856. The van der Waals surface area contributed by atoms with Gasteiger partial charge in [0.2, 0.25) is 5.69 Å². The predicted molar refractivity (Wildman–Crippen MR) is 118 cm³/mol. The smallest absolute Gasteiger partial charge is 0.265 e. The molecule has 5 nitrogen and oxygen atoms in total. The number of nitrogens with one attached hydrogen (secondary N) is 1. The molecule has 1 heterocycles. The van der Waals surface area contributed by atoms with Crippen molar-refractivity contribution < 1.29 is 14.3 Å². The van der Waals surface area contributed by atoms with E-state index >= 15 is 0 Å². The Labute approximate surface area is 178 Å². The molecule has 0 radical (unpaired) electrons. The number of rotatable bonds is 9. The van der Waals surface area contributed by atoms with Crippen LogP contribution in [0.25, 0.3) is 0 Å². The Morgan fingerprint density at radius 3 is 2.28 bits per heavy atom. The maximum atomic E-state index is 13.3. The van der Waals surface area contributed by atoms with E-state index in [2.05, 4.69) is 12.2 Å². The average Bonchev–Trinajstić information content (AvgIpc) is 2.70. The summed E-state index contributed by atoms with van der Waals surface area (Å²) < 4.78 is 6.69. The van der Waals surface area contributed by atoms with E-state index in [0.29, 0.717) is 28.8 Å². The maximum absolute atomic E-state index is 13.3. The van der Waals surface area contributed by atoms with Crippen molar-refractivity contribution in [2.45, 2.75) is 66.7 Å². The molecule has 0 atom stereocenters. The number of amides is 1. The lowest BCUT2D eigenvalue weighted by Crippen LogP contribution is -2.37. The van der Waals surface area contributed by atoms with Crippen LogP contribution < -0.4 is 14.8 Å². The van der Waals surface area contributed by atoms with E-state index in [1.165, 1.54) is 0 Å². The molecule has 158 valence electrons. The van der Waals surface area contributed by atoms with Crippen molar-refractivity contribution in [3.8, 4) is 5.75 Å². The number of ether oxygens (including phenoxy) is 1. The number of pyridine rings is 1. The van der Waals surface area contributed by atoms with Crippen LogP contribution in [0, 0.1) is 19.1 Å². The molecule has 1 aromatic heterocycles. The summed E-state index contributed by atoms with van der Waals surface area (Å²) in [5.41, 5.74) is 3.80. The summed E-state index contributed by atoms with van der Waals surface area (Å²) in [7, 11) is 0. The number of aryl methyl sites for hydroxylation is 3. The zero-order valence-corrected chi connectivity index (χ0v) is 18.8. The van der Waals surface area contributed by atoms with Crippen LogP contribution in [0.15, 0.2) is 18.2 Å². The normalized spacial score (nSPS) is 10.8. The number of hydrogen-bond acceptors (Lipinski definition) is 3. The Hall–Kier alpha value is -2.27. The molecule has 1 amide bonds. The number of halogens is 1. The molecule has 29 heavy (non-hydrogen) atoms. The van der Waals surface area contributed by atoms with Crippen LogP contribution in [-0.2, 0) is 12.8 Å². The van der Waals surface area contributed by atoms with Crippen molar-refractivity contribution in [1.82, 2.24) is 0 Å². The van der Waals surface area contributed by atoms with Crippen molar-refractivity contribution in [1.29, 1.82) is 0 Å². The van der Waals surface area contributed by atoms with Crippen molar-refractivity contribution in [3.05, 3.63) is 56.5 Å². The van der Waals surface area contributed by atoms with Crippen LogP contribution in [0.2, 0.25) is 5.02 Å². The molecule has 0 spiro atoms. The quantitative estimate of drug-likeness (QED) is 0.330. The molecule has 0 bridgehead atoms. The first-order valence-electron chi connectivity index (χ1n) is 10.3. The summed E-state index contributed by atoms with van der Waals surface area (Å²) >= 11 is 6.23. The van der Waals surface area contributed by atoms with Crippen LogP contribution in [0.1, 0.15) is 72.9 Å². The minimum absolute atomic E-state index is 0.279. The van der Waals surface area contributed by atoms with E-state index in [1.807, 2.05) is 26.0 Å². The molecule has 0 aliphatic carbocycles. The van der Waals surface area contributed by atoms with Gasteiger partial charge in [-0.05, 0) is 42.5 Å². The number of aromatic nitrogens is 1. The molecular weight excluding hydrogens is 388 g/mol. The zero-order valence-electron chi connectivity index (χ0n) is 18.0. The molecule has 0 aliphatic heterocycles. The SMILES string of the molecule is CCCCCOc1cc(C)[n+]([O-])c(C)c1C(=O)Nc1c(CC)cc(Cl)cc1CC. The van der Waals surface area contributed by atoms with Gasteiger partial charge in [0.05, 0.1) is 6.61 Å². The molecule has 2 aromatic rings. The highest BCUT2D eigenvalue weighted by Gasteiger charge is 2.25. The van der Waals surface area contributed by atoms with Crippen molar-refractivity contribution >= 4 is 23.2 Å². The number of carbonyl (C=O) groups is 1. The predicted octanol–water partition coefficient (Wildman–Crippen LogP) is 5.54. The van der Waals surface area contributed by atoms with Gasteiger partial charge in [0.15, 0.2) is 5.69 Å². The van der Waals surface area contributed by atoms with Crippen LogP contribution in [0.3, 0.4) is 0 Å². The highest BCUT2D eigenvalue weighted by molar-refractivity contribution is 6.30. The first kappa shape index (κ1) is 23.0. The molecule has 0 saturated heterocycles. The van der Waals surface area contributed by atoms with Gasteiger partial charge in [-0.15, -0.1) is 0 Å². The van der Waals surface area contributed by atoms with Crippen molar-refractivity contribution in [2.75, 3.05) is 11.9 Å². The van der Waals surface area contributed by atoms with E-state index in [0.717, 1.165) is 53.6 Å². The maximum Gasteiger partial charge on any atom is 0.265 e. The minimum atomic E-state index is -0.343. The molecule has 0 unspecified atom stereocenters. The Morgan fingerprint density at radius 1 is 1.10 bits per heavy atom. The van der Waals surface area contributed by atoms with Gasteiger partial charge in [-0.2, -0.15) is 4.73 Å². The molecule has 2 rings (SSSR count). The first-order valence-corrected chi connectivity index (χ1v) is 10.7. The lowest BCUT2D eigenvalue weighted by molar-refractivity contribution is -0.619. The van der Waals surface area contributed by atoms with Gasteiger partial charge in [0.25, 0.3) is 5.91 Å². The molecular formula is C23H31ClN2O3. The van der Waals surface area contributed by atoms with Gasteiger partial charge >= 0.3 is 0 Å². The summed E-state index contributed by atoms with van der Waals surface area (Å²) in [5, 5.41) is 16.1. The number of benzene rings is 1. The summed E-state index contributed by atoms with van der Waals surface area (Å²) in [6, 6.07) is 5.38. The van der Waals surface area contributed by atoms with Gasteiger partial charge in [0, 0.05) is 30.6 Å². The zero-order chi connectivity index (χ0) is 21.6. The highest BCUT2D eigenvalue weighted by atomic mass is 35.5. The largest absolute Gasteiger partial charge is 0.618 e. The lowest BCUT2D eigenvalue weighted by Gasteiger charge is -2.18. The fraction of sp³-hybridized carbons (Fsp3) is 0.478. The topological polar surface area (TPSA) is 65.3 Å². The molecule has 1 aromatic carbocycles. The number of anilines is 1. The second-order valence-corrected chi connectivity index (χ2v) is 7.66. The Balaban J connectivity index is 2.44. The summed E-state index contributed by atoms with van der Waals surface area (Å²) in [6.07, 6.45) is 4.51. The van der Waals surface area contributed by atoms with Gasteiger partial charge in [-0.25, -0.2) is 0 Å². The van der Waals surface area contributed by atoms with Gasteiger partial charge in [-0.3, -0.25) is 4.79 Å². The molecule has 0 saturated carbocycles. The molecule has 0 aliphatic rings. The molecule has 1 N–H and O–H groups in total. The standard InChI is InChI=1S/C23H31ClN2O3/c1-6-9-10-11-29-20-12-15(4)26(28)16(5)21(20)23(27)25-22-17(7-2)13-19(24)14-18(22)8-3/h12-14H,6-11H2,1-5H3,(H,25,27). The third kappa shape index (κ3) is 5.41. The van der Waals surface area contributed by atoms with E-state index < -0.39 is 0 Å². The average molecular weight is 419 g/mol. The molecule has 0 fully saturated rings. The van der Waals surface area contributed by atoms with E-state index in [4.69, 9.17) is 16.3 Å². The first-order chi connectivity index (χ1) is 13.8. The van der Waals surface area contributed by atoms with Crippen molar-refractivity contribution in [2.24, 2.45) is 0 Å². The van der Waals surface area contributed by atoms with Gasteiger partial charge in [-0.1, -0.05) is 45.2 Å².